The first-order valence-corrected chi connectivity index (χ1v) is 10.1. The molecule has 0 aromatic heterocycles. The Bertz CT molecular complexity index is 1200. The van der Waals surface area contributed by atoms with Gasteiger partial charge in [0.25, 0.3) is 0 Å². The Morgan fingerprint density at radius 3 is 2.39 bits per heavy atom. The van der Waals surface area contributed by atoms with Gasteiger partial charge in [-0.2, -0.15) is 0 Å². The van der Waals surface area contributed by atoms with Crippen LogP contribution < -0.4 is 18.9 Å². The molecule has 0 atom stereocenters. The smallest absolute Gasteiger partial charge is 0.343 e. The van der Waals surface area contributed by atoms with Crippen LogP contribution in [0.2, 0.25) is 0 Å². The van der Waals surface area contributed by atoms with Crippen molar-refractivity contribution in [2.45, 2.75) is 0 Å². The van der Waals surface area contributed by atoms with Gasteiger partial charge in [0, 0.05) is 16.1 Å². The van der Waals surface area contributed by atoms with E-state index in [0.717, 1.165) is 4.47 Å². The molecule has 4 rings (SSSR count). The number of Topliss-reactive ketones (excluding diaryl/α,β-unsaturated/α-hetero) is 1. The highest BCUT2D eigenvalue weighted by molar-refractivity contribution is 9.10. The second-order valence-corrected chi connectivity index (χ2v) is 7.52. The SMILES string of the molecule is COc1ccc(C(=O)Oc2ccc3c(c2)O/C(=C\c2cc(Br)ccc2OC)C3=O)cc1. The van der Waals surface area contributed by atoms with Crippen LogP contribution in [0.4, 0.5) is 0 Å². The van der Waals surface area contributed by atoms with Gasteiger partial charge in [-0.15, -0.1) is 0 Å². The highest BCUT2D eigenvalue weighted by Gasteiger charge is 2.28. The maximum absolute atomic E-state index is 12.7. The van der Waals surface area contributed by atoms with Gasteiger partial charge >= 0.3 is 5.97 Å². The maximum Gasteiger partial charge on any atom is 0.343 e. The van der Waals surface area contributed by atoms with Crippen molar-refractivity contribution in [1.29, 1.82) is 0 Å². The van der Waals surface area contributed by atoms with Crippen LogP contribution in [0.5, 0.6) is 23.0 Å². The van der Waals surface area contributed by atoms with Crippen LogP contribution in [0.1, 0.15) is 26.3 Å². The summed E-state index contributed by atoms with van der Waals surface area (Å²) in [6, 6.07) is 16.7. The number of fused-ring (bicyclic) bond motifs is 1. The number of esters is 1. The van der Waals surface area contributed by atoms with Crippen molar-refractivity contribution in [1.82, 2.24) is 0 Å². The molecule has 0 saturated carbocycles. The number of hydrogen-bond acceptors (Lipinski definition) is 6. The van der Waals surface area contributed by atoms with Crippen LogP contribution in [-0.2, 0) is 0 Å². The molecular weight excluding hydrogens is 464 g/mol. The molecule has 31 heavy (non-hydrogen) atoms. The normalized spacial score (nSPS) is 13.5. The highest BCUT2D eigenvalue weighted by atomic mass is 79.9. The Hall–Kier alpha value is -3.58. The first-order chi connectivity index (χ1) is 15.0. The summed E-state index contributed by atoms with van der Waals surface area (Å²) in [6.45, 7) is 0. The third-order valence-corrected chi connectivity index (χ3v) is 5.15. The predicted molar refractivity (Wildman–Crippen MR) is 118 cm³/mol. The molecule has 0 spiro atoms. The number of ether oxygens (including phenoxy) is 4. The topological polar surface area (TPSA) is 71.1 Å². The monoisotopic (exact) mass is 480 g/mol. The second kappa shape index (κ2) is 8.65. The third-order valence-electron chi connectivity index (χ3n) is 4.66. The molecule has 0 radical (unpaired) electrons. The average molecular weight is 481 g/mol. The van der Waals surface area contributed by atoms with Gasteiger partial charge in [0.15, 0.2) is 5.76 Å². The maximum atomic E-state index is 12.7. The summed E-state index contributed by atoms with van der Waals surface area (Å²) in [5.74, 6) is 1.22. The molecule has 0 saturated heterocycles. The number of methoxy groups -OCH3 is 2. The van der Waals surface area contributed by atoms with Crippen molar-refractivity contribution in [3.05, 3.63) is 87.6 Å². The molecule has 0 bridgehead atoms. The fraction of sp³-hybridized carbons (Fsp3) is 0.0833. The van der Waals surface area contributed by atoms with Gasteiger partial charge in [-0.25, -0.2) is 4.79 Å². The molecule has 1 aliphatic rings. The zero-order chi connectivity index (χ0) is 22.0. The number of hydrogen-bond donors (Lipinski definition) is 0. The molecule has 1 heterocycles. The summed E-state index contributed by atoms with van der Waals surface area (Å²) < 4.78 is 22.5. The van der Waals surface area contributed by atoms with Crippen molar-refractivity contribution in [2.24, 2.45) is 0 Å². The van der Waals surface area contributed by atoms with E-state index < -0.39 is 5.97 Å². The zero-order valence-corrected chi connectivity index (χ0v) is 18.3. The Labute approximate surface area is 187 Å². The number of allylic oxidation sites excluding steroid dienone is 1. The molecule has 0 unspecified atom stereocenters. The van der Waals surface area contributed by atoms with Crippen molar-refractivity contribution in [3.63, 3.8) is 0 Å². The number of carbonyl (C=O) groups is 2. The fourth-order valence-electron chi connectivity index (χ4n) is 3.08. The largest absolute Gasteiger partial charge is 0.497 e. The lowest BCUT2D eigenvalue weighted by atomic mass is 10.1. The first-order valence-electron chi connectivity index (χ1n) is 9.26. The molecule has 0 amide bonds. The van der Waals surface area contributed by atoms with E-state index in [0.29, 0.717) is 33.9 Å². The lowest BCUT2D eigenvalue weighted by Gasteiger charge is -2.07. The van der Waals surface area contributed by atoms with E-state index in [1.165, 1.54) is 6.07 Å². The van der Waals surface area contributed by atoms with E-state index in [1.807, 2.05) is 12.1 Å². The van der Waals surface area contributed by atoms with Gasteiger partial charge in [0.1, 0.15) is 23.0 Å². The Balaban J connectivity index is 1.55. The van der Waals surface area contributed by atoms with Crippen LogP contribution in [0.15, 0.2) is 70.9 Å². The highest BCUT2D eigenvalue weighted by Crippen LogP contribution is 2.36. The van der Waals surface area contributed by atoms with Gasteiger partial charge < -0.3 is 18.9 Å². The quantitative estimate of drug-likeness (QED) is 0.280. The Kier molecular flexibility index (Phi) is 5.77. The number of carbonyl (C=O) groups excluding carboxylic acids is 2. The number of halogens is 1. The minimum absolute atomic E-state index is 0.157. The van der Waals surface area contributed by atoms with E-state index in [1.54, 1.807) is 62.8 Å². The molecule has 156 valence electrons. The Morgan fingerprint density at radius 1 is 0.935 bits per heavy atom. The molecule has 1 aliphatic heterocycles. The molecule has 0 N–H and O–H groups in total. The average Bonchev–Trinajstić information content (AvgIpc) is 3.08. The van der Waals surface area contributed by atoms with Gasteiger partial charge in [-0.1, -0.05) is 15.9 Å². The number of benzene rings is 3. The third kappa shape index (κ3) is 4.32. The van der Waals surface area contributed by atoms with Gasteiger partial charge in [0.05, 0.1) is 25.3 Å². The minimum Gasteiger partial charge on any atom is -0.497 e. The summed E-state index contributed by atoms with van der Waals surface area (Å²) in [5, 5.41) is 0. The minimum atomic E-state index is -0.526. The molecule has 3 aromatic carbocycles. The Morgan fingerprint density at radius 2 is 1.68 bits per heavy atom. The van der Waals surface area contributed by atoms with Crippen molar-refractivity contribution in [2.75, 3.05) is 14.2 Å². The summed E-state index contributed by atoms with van der Waals surface area (Å²) in [4.78, 5) is 25.1. The zero-order valence-electron chi connectivity index (χ0n) is 16.7. The summed E-state index contributed by atoms with van der Waals surface area (Å²) in [6.07, 6.45) is 1.62. The first kappa shape index (κ1) is 20.7. The lowest BCUT2D eigenvalue weighted by Crippen LogP contribution is -2.08. The van der Waals surface area contributed by atoms with Gasteiger partial charge in [-0.05, 0) is 60.7 Å². The molecule has 0 fully saturated rings. The van der Waals surface area contributed by atoms with Crippen molar-refractivity contribution < 1.29 is 28.5 Å². The van der Waals surface area contributed by atoms with E-state index in [-0.39, 0.29) is 17.3 Å². The predicted octanol–water partition coefficient (Wildman–Crippen LogP) is 5.30. The van der Waals surface area contributed by atoms with Crippen molar-refractivity contribution >= 4 is 33.8 Å². The van der Waals surface area contributed by atoms with Crippen LogP contribution >= 0.6 is 15.9 Å². The summed E-state index contributed by atoms with van der Waals surface area (Å²) in [5.41, 5.74) is 1.46. The second-order valence-electron chi connectivity index (χ2n) is 6.60. The fourth-order valence-corrected chi connectivity index (χ4v) is 3.46. The number of rotatable bonds is 5. The van der Waals surface area contributed by atoms with Crippen LogP contribution in [0.25, 0.3) is 6.08 Å². The van der Waals surface area contributed by atoms with Crippen molar-refractivity contribution in [3.8, 4) is 23.0 Å². The summed E-state index contributed by atoms with van der Waals surface area (Å²) in [7, 11) is 3.11. The van der Waals surface area contributed by atoms with E-state index in [9.17, 15) is 9.59 Å². The molecule has 7 heteroatoms. The number of ketones is 1. The molecule has 6 nitrogen and oxygen atoms in total. The standard InChI is InChI=1S/C24H17BrO6/c1-28-17-6-3-14(4-7-17)24(27)30-18-8-9-19-21(13-18)31-22(23(19)26)12-15-11-16(25)5-10-20(15)29-2/h3-13H,1-2H3/b22-12-. The van der Waals surface area contributed by atoms with E-state index in [4.69, 9.17) is 18.9 Å². The van der Waals surface area contributed by atoms with Gasteiger partial charge in [0.2, 0.25) is 5.78 Å². The molecule has 3 aromatic rings. The molecule has 0 aliphatic carbocycles. The van der Waals surface area contributed by atoms with Crippen LogP contribution in [0.3, 0.4) is 0 Å². The van der Waals surface area contributed by atoms with Gasteiger partial charge in [-0.3, -0.25) is 4.79 Å². The molecular formula is C24H17BrO6. The lowest BCUT2D eigenvalue weighted by molar-refractivity contribution is 0.0734. The van der Waals surface area contributed by atoms with Crippen LogP contribution in [-0.4, -0.2) is 26.0 Å². The van der Waals surface area contributed by atoms with E-state index in [2.05, 4.69) is 15.9 Å². The van der Waals surface area contributed by atoms with E-state index >= 15 is 0 Å². The van der Waals surface area contributed by atoms with Crippen LogP contribution in [0, 0.1) is 0 Å². The summed E-state index contributed by atoms with van der Waals surface area (Å²) >= 11 is 3.41.